The van der Waals surface area contributed by atoms with Gasteiger partial charge >= 0.3 is 0 Å². The van der Waals surface area contributed by atoms with Crippen molar-refractivity contribution in [3.8, 4) is 10.7 Å². The van der Waals surface area contributed by atoms with Gasteiger partial charge in [-0.1, -0.05) is 13.0 Å². The summed E-state index contributed by atoms with van der Waals surface area (Å²) < 4.78 is 0. The van der Waals surface area contributed by atoms with Crippen LogP contribution in [-0.4, -0.2) is 17.0 Å². The third-order valence-corrected chi connectivity index (χ3v) is 4.48. The molecule has 3 nitrogen and oxygen atoms in total. The molecule has 0 saturated heterocycles. The van der Waals surface area contributed by atoms with Crippen LogP contribution in [0.25, 0.3) is 10.7 Å². The first kappa shape index (κ1) is 13.2. The van der Waals surface area contributed by atoms with Crippen LogP contribution in [0, 0.1) is 6.92 Å². The predicted octanol–water partition coefficient (Wildman–Crippen LogP) is 3.36. The maximum absolute atomic E-state index is 4.67. The molecular weight excluding hydrogens is 242 g/mol. The molecule has 2 aromatic rings. The van der Waals surface area contributed by atoms with Gasteiger partial charge in [0.25, 0.3) is 0 Å². The number of rotatable bonds is 4. The number of aromatic nitrogens is 2. The number of thiazole rings is 1. The van der Waals surface area contributed by atoms with Gasteiger partial charge in [-0.2, -0.15) is 0 Å². The molecule has 2 heterocycles. The zero-order valence-corrected chi connectivity index (χ0v) is 12.1. The standard InChI is InChI=1S/C14H19N3S/c1-5-11-7-6-8-16-12(11)14-17-10(3)13(18-14)9(2)15-4/h6-9,15H,5H2,1-4H3. The molecule has 0 amide bonds. The van der Waals surface area contributed by atoms with Gasteiger partial charge in [-0.05, 0) is 38.9 Å². The molecule has 1 unspecified atom stereocenters. The van der Waals surface area contributed by atoms with Crippen LogP contribution in [0.1, 0.15) is 36.0 Å². The lowest BCUT2D eigenvalue weighted by Gasteiger charge is -2.07. The van der Waals surface area contributed by atoms with Gasteiger partial charge in [-0.3, -0.25) is 4.98 Å². The fourth-order valence-corrected chi connectivity index (χ4v) is 3.12. The molecule has 0 aromatic carbocycles. The molecule has 1 atom stereocenters. The van der Waals surface area contributed by atoms with Crippen LogP contribution in [0.2, 0.25) is 0 Å². The van der Waals surface area contributed by atoms with Crippen LogP contribution in [0.4, 0.5) is 0 Å². The Labute approximate surface area is 112 Å². The number of pyridine rings is 1. The van der Waals surface area contributed by atoms with Gasteiger partial charge in [0.15, 0.2) is 0 Å². The topological polar surface area (TPSA) is 37.8 Å². The fraction of sp³-hybridized carbons (Fsp3) is 0.429. The summed E-state index contributed by atoms with van der Waals surface area (Å²) in [5.41, 5.74) is 3.39. The first-order valence-electron chi connectivity index (χ1n) is 6.26. The SMILES string of the molecule is CCc1cccnc1-c1nc(C)c(C(C)NC)s1. The molecule has 2 aromatic heterocycles. The molecule has 4 heteroatoms. The molecule has 0 fully saturated rings. The van der Waals surface area contributed by atoms with Gasteiger partial charge in [0.1, 0.15) is 10.7 Å². The zero-order valence-electron chi connectivity index (χ0n) is 11.3. The second kappa shape index (κ2) is 5.59. The molecule has 1 N–H and O–H groups in total. The third-order valence-electron chi connectivity index (χ3n) is 3.13. The lowest BCUT2D eigenvalue weighted by Crippen LogP contribution is -2.11. The van der Waals surface area contributed by atoms with Crippen molar-refractivity contribution in [1.82, 2.24) is 15.3 Å². The Morgan fingerprint density at radius 1 is 1.44 bits per heavy atom. The van der Waals surface area contributed by atoms with Gasteiger partial charge < -0.3 is 5.32 Å². The monoisotopic (exact) mass is 261 g/mol. The molecule has 2 rings (SSSR count). The van der Waals surface area contributed by atoms with E-state index in [1.807, 2.05) is 19.3 Å². The van der Waals surface area contributed by atoms with Crippen LogP contribution in [0.5, 0.6) is 0 Å². The van der Waals surface area contributed by atoms with Crippen molar-refractivity contribution in [2.75, 3.05) is 7.05 Å². The quantitative estimate of drug-likeness (QED) is 0.917. The fourth-order valence-electron chi connectivity index (χ4n) is 1.96. The first-order chi connectivity index (χ1) is 8.67. The average molecular weight is 261 g/mol. The minimum atomic E-state index is 0.338. The van der Waals surface area contributed by atoms with E-state index in [1.54, 1.807) is 11.3 Å². The summed E-state index contributed by atoms with van der Waals surface area (Å²) in [4.78, 5) is 10.5. The van der Waals surface area contributed by atoms with Crippen molar-refractivity contribution in [2.24, 2.45) is 0 Å². The lowest BCUT2D eigenvalue weighted by molar-refractivity contribution is 0.658. The summed E-state index contributed by atoms with van der Waals surface area (Å²) in [6.07, 6.45) is 2.82. The number of nitrogens with one attached hydrogen (secondary N) is 1. The Bertz CT molecular complexity index is 534. The van der Waals surface area contributed by atoms with Crippen molar-refractivity contribution in [3.05, 3.63) is 34.5 Å². The number of nitrogens with zero attached hydrogens (tertiary/aromatic N) is 2. The van der Waals surface area contributed by atoms with E-state index in [-0.39, 0.29) is 0 Å². The van der Waals surface area contributed by atoms with Gasteiger partial charge in [0.05, 0.1) is 5.69 Å². The average Bonchev–Trinajstić information content (AvgIpc) is 2.79. The molecule has 0 aliphatic heterocycles. The van der Waals surface area contributed by atoms with E-state index in [0.29, 0.717) is 6.04 Å². The molecule has 0 saturated carbocycles. The number of hydrogen-bond acceptors (Lipinski definition) is 4. The van der Waals surface area contributed by atoms with Crippen molar-refractivity contribution in [1.29, 1.82) is 0 Å². The van der Waals surface area contributed by atoms with E-state index < -0.39 is 0 Å². The number of hydrogen-bond donors (Lipinski definition) is 1. The largest absolute Gasteiger partial charge is 0.312 e. The number of aryl methyl sites for hydroxylation is 2. The molecule has 96 valence electrons. The molecule has 0 aliphatic carbocycles. The van der Waals surface area contributed by atoms with Crippen LogP contribution < -0.4 is 5.32 Å². The molecule has 0 radical (unpaired) electrons. The maximum Gasteiger partial charge on any atom is 0.142 e. The molecular formula is C14H19N3S. The summed E-state index contributed by atoms with van der Waals surface area (Å²) in [5.74, 6) is 0. The van der Waals surface area contributed by atoms with Gasteiger partial charge in [0, 0.05) is 17.1 Å². The summed E-state index contributed by atoms with van der Waals surface area (Å²) in [6, 6.07) is 4.45. The molecule has 0 spiro atoms. The highest BCUT2D eigenvalue weighted by Gasteiger charge is 2.16. The van der Waals surface area contributed by atoms with Crippen LogP contribution in [0.3, 0.4) is 0 Å². The van der Waals surface area contributed by atoms with E-state index in [9.17, 15) is 0 Å². The minimum absolute atomic E-state index is 0.338. The highest BCUT2D eigenvalue weighted by Crippen LogP contribution is 2.32. The van der Waals surface area contributed by atoms with E-state index in [0.717, 1.165) is 22.8 Å². The third kappa shape index (κ3) is 2.44. The maximum atomic E-state index is 4.67. The van der Waals surface area contributed by atoms with Crippen LogP contribution >= 0.6 is 11.3 Å². The van der Waals surface area contributed by atoms with Crippen molar-refractivity contribution in [2.45, 2.75) is 33.2 Å². The smallest absolute Gasteiger partial charge is 0.142 e. The normalized spacial score (nSPS) is 12.7. The van der Waals surface area contributed by atoms with Gasteiger partial charge in [-0.15, -0.1) is 11.3 Å². The Balaban J connectivity index is 2.46. The highest BCUT2D eigenvalue weighted by molar-refractivity contribution is 7.15. The van der Waals surface area contributed by atoms with Crippen molar-refractivity contribution < 1.29 is 0 Å². The predicted molar refractivity (Wildman–Crippen MR) is 76.9 cm³/mol. The lowest BCUT2D eigenvalue weighted by atomic mass is 10.1. The van der Waals surface area contributed by atoms with E-state index in [2.05, 4.69) is 42.1 Å². The second-order valence-electron chi connectivity index (χ2n) is 4.34. The van der Waals surface area contributed by atoms with E-state index >= 15 is 0 Å². The zero-order chi connectivity index (χ0) is 13.1. The summed E-state index contributed by atoms with van der Waals surface area (Å²) in [7, 11) is 1.97. The molecule has 0 aliphatic rings. The van der Waals surface area contributed by atoms with E-state index in [4.69, 9.17) is 0 Å². The Hall–Kier alpha value is -1.26. The van der Waals surface area contributed by atoms with Gasteiger partial charge in [-0.25, -0.2) is 4.98 Å². The minimum Gasteiger partial charge on any atom is -0.312 e. The first-order valence-corrected chi connectivity index (χ1v) is 7.07. The summed E-state index contributed by atoms with van der Waals surface area (Å²) in [5, 5.41) is 4.30. The Morgan fingerprint density at radius 2 is 2.22 bits per heavy atom. The van der Waals surface area contributed by atoms with Gasteiger partial charge in [0.2, 0.25) is 0 Å². The van der Waals surface area contributed by atoms with Crippen molar-refractivity contribution >= 4 is 11.3 Å². The Morgan fingerprint density at radius 3 is 2.89 bits per heavy atom. The van der Waals surface area contributed by atoms with Crippen molar-refractivity contribution in [3.63, 3.8) is 0 Å². The summed E-state index contributed by atoms with van der Waals surface area (Å²) in [6.45, 7) is 6.37. The highest BCUT2D eigenvalue weighted by atomic mass is 32.1. The molecule has 0 bridgehead atoms. The van der Waals surface area contributed by atoms with Crippen LogP contribution in [-0.2, 0) is 6.42 Å². The Kier molecular flexibility index (Phi) is 4.09. The second-order valence-corrected chi connectivity index (χ2v) is 5.37. The van der Waals surface area contributed by atoms with Crippen LogP contribution in [0.15, 0.2) is 18.3 Å². The molecule has 18 heavy (non-hydrogen) atoms. The summed E-state index contributed by atoms with van der Waals surface area (Å²) >= 11 is 1.74. The van der Waals surface area contributed by atoms with E-state index in [1.165, 1.54) is 10.4 Å².